The number of para-hydroxylation sites is 2. The van der Waals surface area contributed by atoms with E-state index in [1.54, 1.807) is 6.07 Å². The van der Waals surface area contributed by atoms with Gasteiger partial charge in [-0.3, -0.25) is 19.3 Å². The average Bonchev–Trinajstić information content (AvgIpc) is 3.25. The third-order valence-corrected chi connectivity index (χ3v) is 4.95. The highest BCUT2D eigenvalue weighted by Crippen LogP contribution is 2.29. The summed E-state index contributed by atoms with van der Waals surface area (Å²) in [5, 5.41) is 21.4. The quantitative estimate of drug-likeness (QED) is 0.290. The van der Waals surface area contributed by atoms with Crippen molar-refractivity contribution in [2.24, 2.45) is 0 Å². The third-order valence-electron chi connectivity index (χ3n) is 4.01. The lowest BCUT2D eigenvalue weighted by atomic mass is 10.2. The molecular formula is C17H14N6O4S. The van der Waals surface area contributed by atoms with Crippen LogP contribution in [0.2, 0.25) is 0 Å². The molecule has 0 fully saturated rings. The van der Waals surface area contributed by atoms with E-state index >= 15 is 0 Å². The topological polar surface area (TPSA) is 127 Å². The molecule has 28 heavy (non-hydrogen) atoms. The molecule has 2 N–H and O–H groups in total. The number of nitrogens with one attached hydrogen (secondary N) is 2. The number of anilines is 1. The van der Waals surface area contributed by atoms with Gasteiger partial charge in [-0.15, -0.1) is 5.10 Å². The molecule has 0 saturated carbocycles. The number of carbonyl (C=O) groups is 1. The molecule has 0 bridgehead atoms. The number of thioether (sulfide) groups is 1. The molecule has 4 rings (SSSR count). The standard InChI is InChI=1S/C17H14N6O4S/c1-27-10-6-7-12(14(8-10)23(25)26)18-15(24)9-28-17-21-20-16-19-11-4-2-3-5-13(11)22(16)17/h2-8H,9H2,1H3,(H,18,24)(H,19,20). The summed E-state index contributed by atoms with van der Waals surface area (Å²) in [6, 6.07) is 11.8. The zero-order valence-electron chi connectivity index (χ0n) is 14.6. The number of amides is 1. The van der Waals surface area contributed by atoms with Crippen LogP contribution in [0.3, 0.4) is 0 Å². The van der Waals surface area contributed by atoms with E-state index in [0.717, 1.165) is 11.0 Å². The molecule has 0 atom stereocenters. The van der Waals surface area contributed by atoms with E-state index in [2.05, 4.69) is 20.5 Å². The van der Waals surface area contributed by atoms with Gasteiger partial charge in [-0.1, -0.05) is 23.9 Å². The second-order valence-corrected chi connectivity index (χ2v) is 6.69. The van der Waals surface area contributed by atoms with Crippen molar-refractivity contribution in [1.82, 2.24) is 19.6 Å². The summed E-state index contributed by atoms with van der Waals surface area (Å²) in [4.78, 5) is 27.4. The Morgan fingerprint density at radius 3 is 2.96 bits per heavy atom. The van der Waals surface area contributed by atoms with Crippen LogP contribution in [-0.4, -0.2) is 43.3 Å². The number of rotatable bonds is 6. The van der Waals surface area contributed by atoms with Gasteiger partial charge in [0, 0.05) is 0 Å². The Morgan fingerprint density at radius 2 is 2.18 bits per heavy atom. The van der Waals surface area contributed by atoms with Crippen molar-refractivity contribution in [3.8, 4) is 5.75 Å². The van der Waals surface area contributed by atoms with E-state index in [1.807, 2.05) is 28.7 Å². The summed E-state index contributed by atoms with van der Waals surface area (Å²) in [6.07, 6.45) is 0. The maximum Gasteiger partial charge on any atom is 0.296 e. The van der Waals surface area contributed by atoms with Crippen molar-refractivity contribution < 1.29 is 14.5 Å². The van der Waals surface area contributed by atoms with Crippen molar-refractivity contribution in [2.75, 3.05) is 18.2 Å². The lowest BCUT2D eigenvalue weighted by molar-refractivity contribution is -0.384. The van der Waals surface area contributed by atoms with Crippen molar-refractivity contribution in [2.45, 2.75) is 5.16 Å². The molecule has 2 aromatic carbocycles. The van der Waals surface area contributed by atoms with Gasteiger partial charge in [-0.25, -0.2) is 10.1 Å². The molecule has 2 heterocycles. The highest BCUT2D eigenvalue weighted by molar-refractivity contribution is 7.99. The van der Waals surface area contributed by atoms with Gasteiger partial charge < -0.3 is 10.1 Å². The second-order valence-electron chi connectivity index (χ2n) is 5.74. The van der Waals surface area contributed by atoms with E-state index < -0.39 is 4.92 Å². The predicted molar refractivity (Wildman–Crippen MR) is 104 cm³/mol. The number of hydrogen-bond donors (Lipinski definition) is 2. The summed E-state index contributed by atoms with van der Waals surface area (Å²) < 4.78 is 6.81. The number of nitro benzene ring substituents is 1. The minimum Gasteiger partial charge on any atom is -0.496 e. The van der Waals surface area contributed by atoms with Crippen LogP contribution in [0.1, 0.15) is 0 Å². The zero-order valence-corrected chi connectivity index (χ0v) is 15.4. The Hall–Kier alpha value is -3.60. The molecular weight excluding hydrogens is 384 g/mol. The summed E-state index contributed by atoms with van der Waals surface area (Å²) in [5.74, 6) is 0.550. The zero-order chi connectivity index (χ0) is 19.7. The molecule has 0 unspecified atom stereocenters. The van der Waals surface area contributed by atoms with Gasteiger partial charge in [-0.2, -0.15) is 0 Å². The normalized spacial score (nSPS) is 11.0. The molecule has 10 nitrogen and oxygen atoms in total. The molecule has 0 aliphatic carbocycles. The Labute approximate surface area is 162 Å². The summed E-state index contributed by atoms with van der Waals surface area (Å²) in [6.45, 7) is 0. The van der Waals surface area contributed by atoms with Crippen LogP contribution >= 0.6 is 11.8 Å². The summed E-state index contributed by atoms with van der Waals surface area (Å²) >= 11 is 1.20. The number of fused-ring (bicyclic) bond motifs is 3. The maximum atomic E-state index is 12.3. The average molecular weight is 398 g/mol. The molecule has 0 spiro atoms. The number of aromatic amines is 1. The van der Waals surface area contributed by atoms with Crippen molar-refractivity contribution in [3.05, 3.63) is 52.6 Å². The minimum absolute atomic E-state index is 0.0235. The number of nitrogens with zero attached hydrogens (tertiary/aromatic N) is 4. The van der Waals surface area contributed by atoms with Crippen molar-refractivity contribution in [1.29, 1.82) is 0 Å². The first kappa shape index (κ1) is 17.8. The van der Waals surface area contributed by atoms with Gasteiger partial charge in [0.05, 0.1) is 34.9 Å². The number of carbonyl (C=O) groups excluding carboxylic acids is 1. The van der Waals surface area contributed by atoms with Crippen LogP contribution in [0.5, 0.6) is 5.75 Å². The van der Waals surface area contributed by atoms with Gasteiger partial charge in [-0.05, 0) is 24.3 Å². The molecule has 0 radical (unpaired) electrons. The Morgan fingerprint density at radius 1 is 1.36 bits per heavy atom. The van der Waals surface area contributed by atoms with E-state index in [9.17, 15) is 14.9 Å². The SMILES string of the molecule is COc1ccc(NC(=O)CSc2n[nH]c3nc4ccccc4n23)c([N+](=O)[O-])c1. The number of ether oxygens (including phenoxy) is 1. The fourth-order valence-electron chi connectivity index (χ4n) is 2.75. The van der Waals surface area contributed by atoms with E-state index in [4.69, 9.17) is 4.74 Å². The molecule has 11 heteroatoms. The molecule has 1 amide bonds. The van der Waals surface area contributed by atoms with Gasteiger partial charge in [0.15, 0.2) is 5.16 Å². The Kier molecular flexibility index (Phi) is 4.57. The van der Waals surface area contributed by atoms with Gasteiger partial charge in [0.2, 0.25) is 11.7 Å². The van der Waals surface area contributed by atoms with E-state index in [1.165, 1.54) is 31.0 Å². The van der Waals surface area contributed by atoms with Gasteiger partial charge in [0.1, 0.15) is 11.4 Å². The van der Waals surface area contributed by atoms with Crippen LogP contribution in [0.15, 0.2) is 47.6 Å². The Balaban J connectivity index is 1.51. The van der Waals surface area contributed by atoms with Crippen molar-refractivity contribution >= 4 is 45.9 Å². The molecule has 0 aliphatic rings. The van der Waals surface area contributed by atoms with Crippen LogP contribution < -0.4 is 10.1 Å². The van der Waals surface area contributed by atoms with Crippen molar-refractivity contribution in [3.63, 3.8) is 0 Å². The largest absolute Gasteiger partial charge is 0.496 e. The molecule has 0 saturated heterocycles. The predicted octanol–water partition coefficient (Wildman–Crippen LogP) is 2.86. The first-order chi connectivity index (χ1) is 13.6. The highest BCUT2D eigenvalue weighted by Gasteiger charge is 2.18. The minimum atomic E-state index is -0.569. The first-order valence-corrected chi connectivity index (χ1v) is 9.12. The van der Waals surface area contributed by atoms with Crippen LogP contribution in [0.25, 0.3) is 16.8 Å². The van der Waals surface area contributed by atoms with E-state index in [-0.39, 0.29) is 23.0 Å². The molecule has 2 aromatic heterocycles. The van der Waals surface area contributed by atoms with Crippen LogP contribution in [-0.2, 0) is 4.79 Å². The number of benzene rings is 2. The number of aromatic nitrogens is 4. The first-order valence-electron chi connectivity index (χ1n) is 8.13. The number of H-pyrrole nitrogens is 1. The highest BCUT2D eigenvalue weighted by atomic mass is 32.2. The fourth-order valence-corrected chi connectivity index (χ4v) is 3.51. The number of hydrogen-bond acceptors (Lipinski definition) is 7. The van der Waals surface area contributed by atoms with Gasteiger partial charge >= 0.3 is 0 Å². The number of methoxy groups -OCH3 is 1. The van der Waals surface area contributed by atoms with Crippen LogP contribution in [0.4, 0.5) is 11.4 Å². The second kappa shape index (κ2) is 7.19. The maximum absolute atomic E-state index is 12.3. The molecule has 4 aromatic rings. The van der Waals surface area contributed by atoms with E-state index in [0.29, 0.717) is 16.7 Å². The molecule has 142 valence electrons. The number of nitro groups is 1. The summed E-state index contributed by atoms with van der Waals surface area (Å²) in [5.41, 5.74) is 1.56. The van der Waals surface area contributed by atoms with Gasteiger partial charge in [0.25, 0.3) is 5.69 Å². The van der Waals surface area contributed by atoms with Crippen LogP contribution in [0, 0.1) is 10.1 Å². The fraction of sp³-hybridized carbons (Fsp3) is 0.118. The lowest BCUT2D eigenvalue weighted by Gasteiger charge is -2.07. The monoisotopic (exact) mass is 398 g/mol. The smallest absolute Gasteiger partial charge is 0.296 e. The molecule has 0 aliphatic heterocycles. The Bertz CT molecular complexity index is 1200. The number of imidazole rings is 1. The third kappa shape index (κ3) is 3.22. The summed E-state index contributed by atoms with van der Waals surface area (Å²) in [7, 11) is 1.42. The lowest BCUT2D eigenvalue weighted by Crippen LogP contribution is -2.15.